The summed E-state index contributed by atoms with van der Waals surface area (Å²) in [5.41, 5.74) is 2.45. The number of anilines is 1. The van der Waals surface area contributed by atoms with Gasteiger partial charge in [-0.3, -0.25) is 9.69 Å². The summed E-state index contributed by atoms with van der Waals surface area (Å²) in [4.78, 5) is 23.8. The van der Waals surface area contributed by atoms with Crippen molar-refractivity contribution in [3.05, 3.63) is 76.3 Å². The number of rotatable bonds is 6. The number of hydrogen-bond donors (Lipinski definition) is 0. The fourth-order valence-corrected chi connectivity index (χ4v) is 4.64. The zero-order valence-electron chi connectivity index (χ0n) is 16.1. The molecule has 4 aromatic rings. The van der Waals surface area contributed by atoms with Crippen molar-refractivity contribution in [2.75, 3.05) is 11.4 Å². The van der Waals surface area contributed by atoms with Crippen molar-refractivity contribution < 1.29 is 4.79 Å². The van der Waals surface area contributed by atoms with Gasteiger partial charge in [0.2, 0.25) is 0 Å². The predicted molar refractivity (Wildman–Crippen MR) is 127 cm³/mol. The van der Waals surface area contributed by atoms with Crippen LogP contribution in [0.2, 0.25) is 10.0 Å². The number of amides is 1. The molecule has 0 radical (unpaired) electrons. The van der Waals surface area contributed by atoms with Crippen molar-refractivity contribution in [1.29, 1.82) is 0 Å². The molecule has 0 aliphatic carbocycles. The lowest BCUT2D eigenvalue weighted by atomic mass is 10.2. The van der Waals surface area contributed by atoms with Gasteiger partial charge in [-0.2, -0.15) is 0 Å². The Morgan fingerprint density at radius 1 is 1.20 bits per heavy atom. The molecule has 9 heteroatoms. The number of fused-ring (bicyclic) bond motifs is 1. The van der Waals surface area contributed by atoms with Crippen LogP contribution < -0.4 is 4.90 Å². The minimum Gasteiger partial charge on any atom is -0.337 e. The number of aromatic nitrogens is 3. The molecule has 0 saturated heterocycles. The molecule has 0 spiro atoms. The van der Waals surface area contributed by atoms with E-state index in [4.69, 9.17) is 28.2 Å². The van der Waals surface area contributed by atoms with Crippen LogP contribution in [0, 0.1) is 6.92 Å². The quantitative estimate of drug-likeness (QED) is 0.326. The first-order valence-electron chi connectivity index (χ1n) is 9.11. The summed E-state index contributed by atoms with van der Waals surface area (Å²) in [5.74, 6) is -0.187. The Kier molecular flexibility index (Phi) is 7.36. The highest BCUT2D eigenvalue weighted by Gasteiger charge is 2.23. The Labute approximate surface area is 194 Å². The summed E-state index contributed by atoms with van der Waals surface area (Å²) < 4.78 is 3.04. The number of hydrogen-bond acceptors (Lipinski definition) is 4. The van der Waals surface area contributed by atoms with E-state index in [9.17, 15) is 4.79 Å². The summed E-state index contributed by atoms with van der Waals surface area (Å²) in [5, 5.41) is 1.49. The van der Waals surface area contributed by atoms with Gasteiger partial charge >= 0.3 is 0 Å². The number of imidazole rings is 1. The molecule has 30 heavy (non-hydrogen) atoms. The zero-order chi connectivity index (χ0) is 20.4. The molecule has 2 aromatic heterocycles. The monoisotopic (exact) mass is 480 g/mol. The van der Waals surface area contributed by atoms with Crippen molar-refractivity contribution >= 4 is 68.2 Å². The molecule has 0 unspecified atom stereocenters. The molecule has 0 atom stereocenters. The Morgan fingerprint density at radius 3 is 2.77 bits per heavy atom. The topological polar surface area (TPSA) is 51.0 Å². The molecular formula is C21H19Cl3N4OS. The molecule has 1 amide bonds. The van der Waals surface area contributed by atoms with Crippen molar-refractivity contribution in [2.24, 2.45) is 0 Å². The first kappa shape index (κ1) is 22.6. The molecule has 4 rings (SSSR count). The smallest absolute Gasteiger partial charge is 0.261 e. The van der Waals surface area contributed by atoms with E-state index < -0.39 is 0 Å². The molecule has 0 aliphatic rings. The van der Waals surface area contributed by atoms with Gasteiger partial charge in [0.05, 0.1) is 27.1 Å². The highest BCUT2D eigenvalue weighted by Crippen LogP contribution is 2.32. The van der Waals surface area contributed by atoms with Crippen LogP contribution in [0.3, 0.4) is 0 Å². The first-order chi connectivity index (χ1) is 14.0. The minimum atomic E-state index is -0.187. The first-order valence-corrected chi connectivity index (χ1v) is 10.7. The molecule has 2 heterocycles. The standard InChI is InChI=1S/C21H18Cl2N4OS.ClH/c1-14-3-6-18-19(11-14)29-21(25-18)27(9-2-8-26-10-7-24-13-26)20(28)16-5-4-15(22)12-17(16)23;/h3-7,10-13H,2,8-9H2,1H3;1H. The van der Waals surface area contributed by atoms with Gasteiger partial charge in [-0.1, -0.05) is 40.6 Å². The normalized spacial score (nSPS) is 10.8. The van der Waals surface area contributed by atoms with Crippen LogP contribution in [0.5, 0.6) is 0 Å². The number of thiazole rings is 1. The number of aryl methyl sites for hydroxylation is 2. The van der Waals surface area contributed by atoms with E-state index in [0.717, 1.165) is 28.7 Å². The predicted octanol–water partition coefficient (Wildman–Crippen LogP) is 6.27. The summed E-state index contributed by atoms with van der Waals surface area (Å²) in [6, 6.07) is 11.0. The van der Waals surface area contributed by atoms with Gasteiger partial charge in [-0.25, -0.2) is 9.97 Å². The van der Waals surface area contributed by atoms with E-state index in [1.54, 1.807) is 35.6 Å². The van der Waals surface area contributed by atoms with Crippen LogP contribution in [0.1, 0.15) is 22.3 Å². The summed E-state index contributed by atoms with van der Waals surface area (Å²) in [6.45, 7) is 3.30. The number of nitrogens with zero attached hydrogens (tertiary/aromatic N) is 4. The average molecular weight is 482 g/mol. The van der Waals surface area contributed by atoms with Gasteiger partial charge in [-0.05, 0) is 49.2 Å². The number of carbonyl (C=O) groups is 1. The van der Waals surface area contributed by atoms with Crippen molar-refractivity contribution in [3.63, 3.8) is 0 Å². The van der Waals surface area contributed by atoms with Gasteiger partial charge in [-0.15, -0.1) is 12.4 Å². The van der Waals surface area contributed by atoms with E-state index in [2.05, 4.69) is 11.1 Å². The number of halogens is 3. The second-order valence-electron chi connectivity index (χ2n) is 6.70. The SMILES string of the molecule is Cc1ccc2nc(N(CCCn3ccnc3)C(=O)c3ccc(Cl)cc3Cl)sc2c1.Cl. The molecule has 0 bridgehead atoms. The van der Waals surface area contributed by atoms with Crippen LogP contribution in [0.25, 0.3) is 10.2 Å². The maximum atomic E-state index is 13.4. The second kappa shape index (κ2) is 9.79. The lowest BCUT2D eigenvalue weighted by Crippen LogP contribution is -2.32. The summed E-state index contributed by atoms with van der Waals surface area (Å²) >= 11 is 13.8. The van der Waals surface area contributed by atoms with Gasteiger partial charge in [0.15, 0.2) is 5.13 Å². The van der Waals surface area contributed by atoms with Crippen molar-refractivity contribution in [3.8, 4) is 0 Å². The number of carbonyl (C=O) groups excluding carboxylic acids is 1. The molecule has 156 valence electrons. The van der Waals surface area contributed by atoms with E-state index >= 15 is 0 Å². The summed E-state index contributed by atoms with van der Waals surface area (Å²) in [7, 11) is 0. The van der Waals surface area contributed by atoms with Crippen LogP contribution in [-0.4, -0.2) is 27.0 Å². The van der Waals surface area contributed by atoms with Crippen LogP contribution in [0.4, 0.5) is 5.13 Å². The largest absolute Gasteiger partial charge is 0.337 e. The molecule has 0 N–H and O–H groups in total. The van der Waals surface area contributed by atoms with Crippen molar-refractivity contribution in [2.45, 2.75) is 19.9 Å². The second-order valence-corrected chi connectivity index (χ2v) is 8.56. The Balaban J connectivity index is 0.00000256. The highest BCUT2D eigenvalue weighted by molar-refractivity contribution is 7.22. The number of benzene rings is 2. The van der Waals surface area contributed by atoms with Gasteiger partial charge < -0.3 is 4.57 Å². The summed E-state index contributed by atoms with van der Waals surface area (Å²) in [6.07, 6.45) is 6.17. The van der Waals surface area contributed by atoms with E-state index in [1.165, 1.54) is 11.3 Å². The minimum absolute atomic E-state index is 0. The molecule has 0 fully saturated rings. The van der Waals surface area contributed by atoms with Gasteiger partial charge in [0.1, 0.15) is 0 Å². The fraction of sp³-hybridized carbons (Fsp3) is 0.190. The Bertz CT molecular complexity index is 1160. The van der Waals surface area contributed by atoms with Crippen LogP contribution in [0.15, 0.2) is 55.1 Å². The lowest BCUT2D eigenvalue weighted by Gasteiger charge is -2.20. The van der Waals surface area contributed by atoms with E-state index in [1.807, 2.05) is 29.8 Å². The molecule has 2 aromatic carbocycles. The molecule has 0 aliphatic heterocycles. The third-order valence-electron chi connectivity index (χ3n) is 4.53. The maximum absolute atomic E-state index is 13.4. The third-order valence-corrected chi connectivity index (χ3v) is 6.12. The molecular weight excluding hydrogens is 463 g/mol. The van der Waals surface area contributed by atoms with Gasteiger partial charge in [0.25, 0.3) is 5.91 Å². The lowest BCUT2D eigenvalue weighted by molar-refractivity contribution is 0.0986. The zero-order valence-corrected chi connectivity index (χ0v) is 19.2. The molecule has 0 saturated carbocycles. The van der Waals surface area contributed by atoms with Gasteiger partial charge in [0, 0.05) is 30.5 Å². The Hall–Kier alpha value is -2.12. The van der Waals surface area contributed by atoms with E-state index in [-0.39, 0.29) is 18.3 Å². The molecule has 5 nitrogen and oxygen atoms in total. The van der Waals surface area contributed by atoms with E-state index in [0.29, 0.717) is 27.3 Å². The van der Waals surface area contributed by atoms with Crippen molar-refractivity contribution in [1.82, 2.24) is 14.5 Å². The average Bonchev–Trinajstić information content (AvgIpc) is 3.34. The maximum Gasteiger partial charge on any atom is 0.261 e. The fourth-order valence-electron chi connectivity index (χ4n) is 3.06. The Morgan fingerprint density at radius 2 is 2.03 bits per heavy atom. The highest BCUT2D eigenvalue weighted by atomic mass is 35.5. The van der Waals surface area contributed by atoms with Crippen LogP contribution in [-0.2, 0) is 6.54 Å². The van der Waals surface area contributed by atoms with Crippen LogP contribution >= 0.6 is 46.9 Å². The third kappa shape index (κ3) is 4.95.